The van der Waals surface area contributed by atoms with E-state index in [1.54, 1.807) is 0 Å². The lowest BCUT2D eigenvalue weighted by atomic mass is 10.8. The van der Waals surface area contributed by atoms with E-state index in [1.165, 1.54) is 0 Å². The second kappa shape index (κ2) is 1.58. The van der Waals surface area contributed by atoms with Crippen molar-refractivity contribution >= 4 is 0 Å². The van der Waals surface area contributed by atoms with E-state index < -0.39 is 0 Å². The molecule has 0 bridgehead atoms. The summed E-state index contributed by atoms with van der Waals surface area (Å²) in [6, 6.07) is 0. The molecule has 0 aromatic rings. The molecule has 1 heterocycles. The lowest BCUT2D eigenvalue weighted by molar-refractivity contribution is 0.140. The summed E-state index contributed by atoms with van der Waals surface area (Å²) in [6.07, 6.45) is 0.789. The van der Waals surface area contributed by atoms with Crippen LogP contribution in [-0.4, -0.2) is 13.2 Å². The molecule has 2 heteroatoms. The average Bonchev–Trinajstić information content (AvgIpc) is 2.21. The summed E-state index contributed by atoms with van der Waals surface area (Å²) >= 11 is 0. The quantitative estimate of drug-likeness (QED) is 0.458. The first-order chi connectivity index (χ1) is 2.93. The van der Waals surface area contributed by atoms with E-state index in [9.17, 15) is 0 Å². The normalized spacial score (nSPS) is 21.5. The number of epoxide rings is 1. The SMILES string of the molecule is CCO[C]1CO1. The molecule has 0 amide bonds. The molecule has 0 saturated carbocycles. The molecule has 0 spiro atoms. The predicted octanol–water partition coefficient (Wildman–Crippen LogP) is 0.543. The first-order valence-corrected chi connectivity index (χ1v) is 2.05. The van der Waals surface area contributed by atoms with Gasteiger partial charge in [0, 0.05) is 6.61 Å². The second-order valence-electron chi connectivity index (χ2n) is 1.09. The van der Waals surface area contributed by atoms with Crippen molar-refractivity contribution < 1.29 is 9.47 Å². The van der Waals surface area contributed by atoms with Gasteiger partial charge in [-0.3, -0.25) is 0 Å². The summed E-state index contributed by atoms with van der Waals surface area (Å²) in [6.45, 7) is 3.39. The first kappa shape index (κ1) is 4.09. The van der Waals surface area contributed by atoms with Crippen molar-refractivity contribution in [1.29, 1.82) is 0 Å². The molecule has 0 aromatic carbocycles. The molecule has 1 rings (SSSR count). The third-order valence-corrected chi connectivity index (χ3v) is 0.568. The van der Waals surface area contributed by atoms with Crippen LogP contribution in [0.3, 0.4) is 0 Å². The third kappa shape index (κ3) is 0.954. The summed E-state index contributed by atoms with van der Waals surface area (Å²) in [5, 5.41) is 0. The lowest BCUT2D eigenvalue weighted by Gasteiger charge is -1.84. The Labute approximate surface area is 37.1 Å². The highest BCUT2D eigenvalue weighted by Crippen LogP contribution is 2.18. The van der Waals surface area contributed by atoms with Gasteiger partial charge in [0.15, 0.2) is 0 Å². The van der Waals surface area contributed by atoms with Crippen LogP contribution in [0.25, 0.3) is 0 Å². The van der Waals surface area contributed by atoms with Crippen LogP contribution in [0.4, 0.5) is 0 Å². The highest BCUT2D eigenvalue weighted by Gasteiger charge is 2.24. The molecule has 0 unspecified atom stereocenters. The van der Waals surface area contributed by atoms with Crippen molar-refractivity contribution in [3.8, 4) is 0 Å². The van der Waals surface area contributed by atoms with Gasteiger partial charge in [-0.25, -0.2) is 0 Å². The molecule has 1 radical (unpaired) electrons. The Morgan fingerprint density at radius 3 is 2.83 bits per heavy atom. The molecule has 1 aliphatic rings. The molecule has 1 fully saturated rings. The standard InChI is InChI=1S/C4H7O2/c1-2-5-4-3-6-4/h2-3H2,1H3. The van der Waals surface area contributed by atoms with Crippen LogP contribution < -0.4 is 0 Å². The molecule has 0 aromatic heterocycles. The van der Waals surface area contributed by atoms with E-state index in [-0.39, 0.29) is 0 Å². The second-order valence-corrected chi connectivity index (χ2v) is 1.09. The molecular weight excluding hydrogens is 80.0 g/mol. The summed E-state index contributed by atoms with van der Waals surface area (Å²) in [7, 11) is 0. The van der Waals surface area contributed by atoms with E-state index >= 15 is 0 Å². The van der Waals surface area contributed by atoms with Crippen LogP contribution in [0.1, 0.15) is 6.92 Å². The van der Waals surface area contributed by atoms with Crippen LogP contribution in [-0.2, 0) is 9.47 Å². The minimum atomic E-state index is 0.716. The largest absolute Gasteiger partial charge is 0.344 e. The molecule has 0 aliphatic carbocycles. The zero-order valence-electron chi connectivity index (χ0n) is 3.73. The molecule has 1 aliphatic heterocycles. The maximum absolute atomic E-state index is 4.85. The Bertz CT molecular complexity index is 40.8. The Morgan fingerprint density at radius 1 is 2.00 bits per heavy atom. The Kier molecular flexibility index (Phi) is 1.08. The molecular formula is C4H7O2. The van der Waals surface area contributed by atoms with Gasteiger partial charge in [0.2, 0.25) is 0 Å². The van der Waals surface area contributed by atoms with Gasteiger partial charge >= 0.3 is 0 Å². The van der Waals surface area contributed by atoms with Crippen LogP contribution in [0.2, 0.25) is 0 Å². The van der Waals surface area contributed by atoms with E-state index in [4.69, 9.17) is 4.74 Å². The summed E-state index contributed by atoms with van der Waals surface area (Å²) < 4.78 is 9.49. The van der Waals surface area contributed by atoms with Gasteiger partial charge in [-0.05, 0) is 6.92 Å². The Hall–Kier alpha value is -0.0800. The highest BCUT2D eigenvalue weighted by atomic mass is 16.8. The number of ether oxygens (including phenoxy) is 2. The fourth-order valence-electron chi connectivity index (χ4n) is 0.274. The lowest BCUT2D eigenvalue weighted by Crippen LogP contribution is -1.83. The van der Waals surface area contributed by atoms with Gasteiger partial charge in [-0.1, -0.05) is 0 Å². The monoisotopic (exact) mass is 87.0 g/mol. The summed E-state index contributed by atoms with van der Waals surface area (Å²) in [4.78, 5) is 0. The van der Waals surface area contributed by atoms with Crippen LogP contribution in [0.15, 0.2) is 0 Å². The van der Waals surface area contributed by atoms with Gasteiger partial charge < -0.3 is 9.47 Å². The van der Waals surface area contributed by atoms with E-state index in [2.05, 4.69) is 4.74 Å². The van der Waals surface area contributed by atoms with Crippen LogP contribution in [0, 0.1) is 6.29 Å². The number of hydrogen-bond donors (Lipinski definition) is 0. The van der Waals surface area contributed by atoms with Crippen molar-refractivity contribution in [3.63, 3.8) is 0 Å². The van der Waals surface area contributed by atoms with Crippen molar-refractivity contribution in [3.05, 3.63) is 6.29 Å². The van der Waals surface area contributed by atoms with E-state index in [0.29, 0.717) is 6.61 Å². The molecule has 2 nitrogen and oxygen atoms in total. The smallest absolute Gasteiger partial charge is 0.250 e. The van der Waals surface area contributed by atoms with Crippen molar-refractivity contribution in [2.75, 3.05) is 13.2 Å². The minimum Gasteiger partial charge on any atom is -0.344 e. The topological polar surface area (TPSA) is 21.8 Å². The minimum absolute atomic E-state index is 0.716. The first-order valence-electron chi connectivity index (χ1n) is 2.05. The van der Waals surface area contributed by atoms with Crippen molar-refractivity contribution in [2.24, 2.45) is 0 Å². The fraction of sp³-hybridized carbons (Fsp3) is 0.750. The number of hydrogen-bond acceptors (Lipinski definition) is 2. The number of rotatable bonds is 2. The summed E-state index contributed by atoms with van der Waals surface area (Å²) in [5.74, 6) is 0. The van der Waals surface area contributed by atoms with Gasteiger partial charge in [0.25, 0.3) is 6.29 Å². The van der Waals surface area contributed by atoms with Crippen LogP contribution in [0.5, 0.6) is 0 Å². The van der Waals surface area contributed by atoms with E-state index in [1.807, 2.05) is 6.92 Å². The fourth-order valence-corrected chi connectivity index (χ4v) is 0.274. The van der Waals surface area contributed by atoms with Crippen molar-refractivity contribution in [1.82, 2.24) is 0 Å². The Balaban J connectivity index is 1.88. The summed E-state index contributed by atoms with van der Waals surface area (Å²) in [5.41, 5.74) is 0. The van der Waals surface area contributed by atoms with Gasteiger partial charge in [0.05, 0.1) is 0 Å². The molecule has 0 atom stereocenters. The van der Waals surface area contributed by atoms with Crippen molar-refractivity contribution in [2.45, 2.75) is 6.92 Å². The average molecular weight is 87.1 g/mol. The zero-order chi connectivity index (χ0) is 4.41. The maximum Gasteiger partial charge on any atom is 0.250 e. The molecule has 6 heavy (non-hydrogen) atoms. The van der Waals surface area contributed by atoms with Gasteiger partial charge in [-0.2, -0.15) is 0 Å². The third-order valence-electron chi connectivity index (χ3n) is 0.568. The van der Waals surface area contributed by atoms with Crippen LogP contribution >= 0.6 is 0 Å². The molecule has 35 valence electrons. The molecule has 1 saturated heterocycles. The highest BCUT2D eigenvalue weighted by molar-refractivity contribution is 4.77. The van der Waals surface area contributed by atoms with Gasteiger partial charge in [-0.15, -0.1) is 0 Å². The Morgan fingerprint density at radius 2 is 2.67 bits per heavy atom. The van der Waals surface area contributed by atoms with E-state index in [0.717, 1.165) is 12.9 Å². The maximum atomic E-state index is 4.85. The zero-order valence-corrected chi connectivity index (χ0v) is 3.73. The van der Waals surface area contributed by atoms with Gasteiger partial charge in [0.1, 0.15) is 6.61 Å². The molecule has 0 N–H and O–H groups in total. The predicted molar refractivity (Wildman–Crippen MR) is 20.8 cm³/mol.